The number of hydrogen-bond acceptors (Lipinski definition) is 3. The molecular formula is C21H25F3IN3O2. The van der Waals surface area contributed by atoms with Crippen LogP contribution >= 0.6 is 24.0 Å². The molecule has 1 aliphatic carbocycles. The van der Waals surface area contributed by atoms with E-state index in [1.165, 1.54) is 19.2 Å². The molecule has 0 atom stereocenters. The highest BCUT2D eigenvalue weighted by Gasteiger charge is 2.44. The van der Waals surface area contributed by atoms with Gasteiger partial charge in [-0.15, -0.1) is 24.0 Å². The number of nitrogens with zero attached hydrogens (tertiary/aromatic N) is 1. The fourth-order valence-corrected chi connectivity index (χ4v) is 3.22. The van der Waals surface area contributed by atoms with E-state index in [1.54, 1.807) is 31.3 Å². The van der Waals surface area contributed by atoms with E-state index in [2.05, 4.69) is 20.4 Å². The quantitative estimate of drug-likeness (QED) is 0.298. The Bertz CT molecular complexity index is 876. The van der Waals surface area contributed by atoms with Crippen LogP contribution in [0.1, 0.15) is 24.0 Å². The zero-order valence-electron chi connectivity index (χ0n) is 16.8. The van der Waals surface area contributed by atoms with Crippen LogP contribution in [-0.2, 0) is 12.0 Å². The molecule has 3 rings (SSSR count). The lowest BCUT2D eigenvalue weighted by Gasteiger charge is -2.19. The maximum atomic E-state index is 13.5. The van der Waals surface area contributed by atoms with Gasteiger partial charge < -0.3 is 20.1 Å². The monoisotopic (exact) mass is 535 g/mol. The van der Waals surface area contributed by atoms with Crippen LogP contribution in [0.4, 0.5) is 13.2 Å². The minimum atomic E-state index is -2.93. The zero-order chi connectivity index (χ0) is 20.9. The molecule has 2 N–H and O–H groups in total. The molecule has 0 spiro atoms. The Labute approximate surface area is 191 Å². The van der Waals surface area contributed by atoms with Gasteiger partial charge in [0.2, 0.25) is 0 Å². The molecule has 0 bridgehead atoms. The summed E-state index contributed by atoms with van der Waals surface area (Å²) < 4.78 is 48.2. The minimum Gasteiger partial charge on any atom is -0.493 e. The average molecular weight is 535 g/mol. The highest BCUT2D eigenvalue weighted by molar-refractivity contribution is 14.0. The van der Waals surface area contributed by atoms with E-state index in [1.807, 2.05) is 6.07 Å². The number of ether oxygens (including phenoxy) is 2. The third kappa shape index (κ3) is 6.16. The highest BCUT2D eigenvalue weighted by Crippen LogP contribution is 2.47. The SMILES string of the molecule is CN=C(NCc1ccc(OC)c(OC(F)F)c1)NCC1(c2cccc(F)c2)CC1.I. The van der Waals surface area contributed by atoms with E-state index >= 15 is 0 Å². The van der Waals surface area contributed by atoms with E-state index in [9.17, 15) is 13.2 Å². The van der Waals surface area contributed by atoms with Gasteiger partial charge in [-0.3, -0.25) is 4.99 Å². The van der Waals surface area contributed by atoms with Gasteiger partial charge >= 0.3 is 6.61 Å². The summed E-state index contributed by atoms with van der Waals surface area (Å²) in [6, 6.07) is 11.5. The second-order valence-electron chi connectivity index (χ2n) is 6.93. The van der Waals surface area contributed by atoms with Gasteiger partial charge in [0, 0.05) is 25.6 Å². The Balaban J connectivity index is 0.00000320. The topological polar surface area (TPSA) is 54.9 Å². The molecule has 164 valence electrons. The maximum Gasteiger partial charge on any atom is 0.387 e. The third-order valence-corrected chi connectivity index (χ3v) is 5.01. The first-order valence-corrected chi connectivity index (χ1v) is 9.28. The molecule has 0 radical (unpaired) electrons. The fourth-order valence-electron chi connectivity index (χ4n) is 3.22. The molecule has 0 aromatic heterocycles. The number of halogens is 4. The number of alkyl halides is 2. The summed E-state index contributed by atoms with van der Waals surface area (Å²) in [5.41, 5.74) is 1.62. The maximum absolute atomic E-state index is 13.5. The summed E-state index contributed by atoms with van der Waals surface area (Å²) >= 11 is 0. The predicted molar refractivity (Wildman–Crippen MR) is 121 cm³/mol. The van der Waals surface area contributed by atoms with Crippen LogP contribution in [0.15, 0.2) is 47.5 Å². The Morgan fingerprint density at radius 1 is 1.13 bits per heavy atom. The smallest absolute Gasteiger partial charge is 0.387 e. The van der Waals surface area contributed by atoms with Crippen molar-refractivity contribution in [2.45, 2.75) is 31.4 Å². The molecule has 0 amide bonds. The van der Waals surface area contributed by atoms with Gasteiger partial charge in [-0.2, -0.15) is 8.78 Å². The number of hydrogen-bond donors (Lipinski definition) is 2. The first-order valence-electron chi connectivity index (χ1n) is 9.28. The van der Waals surface area contributed by atoms with Crippen molar-refractivity contribution in [3.8, 4) is 11.5 Å². The largest absolute Gasteiger partial charge is 0.493 e. The summed E-state index contributed by atoms with van der Waals surface area (Å²) in [7, 11) is 3.04. The van der Waals surface area contributed by atoms with Crippen LogP contribution in [0, 0.1) is 5.82 Å². The Kier molecular flexibility index (Phi) is 8.63. The molecule has 0 heterocycles. The molecule has 9 heteroatoms. The van der Waals surface area contributed by atoms with Gasteiger partial charge in [0.1, 0.15) is 5.82 Å². The van der Waals surface area contributed by atoms with Crippen LogP contribution in [0.25, 0.3) is 0 Å². The van der Waals surface area contributed by atoms with Gasteiger partial charge in [0.05, 0.1) is 7.11 Å². The molecule has 0 unspecified atom stereocenters. The molecule has 2 aromatic rings. The van der Waals surface area contributed by atoms with Crippen molar-refractivity contribution < 1.29 is 22.6 Å². The van der Waals surface area contributed by atoms with E-state index in [0.29, 0.717) is 19.0 Å². The standard InChI is InChI=1S/C21H24F3N3O2.HI/c1-25-20(27-13-21(8-9-21)15-4-3-5-16(22)11-15)26-12-14-6-7-17(28-2)18(10-14)29-19(23)24;/h3-7,10-11,19H,8-9,12-13H2,1-2H3,(H2,25,26,27);1H. The molecular weight excluding hydrogens is 510 g/mol. The van der Waals surface area contributed by atoms with Crippen molar-refractivity contribution >= 4 is 29.9 Å². The van der Waals surface area contributed by atoms with E-state index in [0.717, 1.165) is 24.0 Å². The van der Waals surface area contributed by atoms with Crippen molar-refractivity contribution in [3.05, 3.63) is 59.4 Å². The molecule has 0 aliphatic heterocycles. The zero-order valence-corrected chi connectivity index (χ0v) is 19.1. The third-order valence-electron chi connectivity index (χ3n) is 5.01. The van der Waals surface area contributed by atoms with Crippen molar-refractivity contribution in [2.75, 3.05) is 20.7 Å². The molecule has 30 heavy (non-hydrogen) atoms. The minimum absolute atomic E-state index is 0. The van der Waals surface area contributed by atoms with Gasteiger partial charge in [-0.1, -0.05) is 18.2 Å². The van der Waals surface area contributed by atoms with Crippen LogP contribution in [0.5, 0.6) is 11.5 Å². The Hall–Kier alpha value is -2.17. The molecule has 0 saturated heterocycles. The second-order valence-corrected chi connectivity index (χ2v) is 6.93. The lowest BCUT2D eigenvalue weighted by molar-refractivity contribution is -0.0512. The fraction of sp³-hybridized carbons (Fsp3) is 0.381. The first-order chi connectivity index (χ1) is 14.0. The Morgan fingerprint density at radius 3 is 2.50 bits per heavy atom. The molecule has 1 aliphatic rings. The number of nitrogens with one attached hydrogen (secondary N) is 2. The highest BCUT2D eigenvalue weighted by atomic mass is 127. The first kappa shape index (κ1) is 24.1. The van der Waals surface area contributed by atoms with Gasteiger partial charge in [-0.05, 0) is 48.2 Å². The second kappa shape index (κ2) is 10.7. The van der Waals surface area contributed by atoms with Crippen molar-refractivity contribution in [3.63, 3.8) is 0 Å². The van der Waals surface area contributed by atoms with E-state index < -0.39 is 6.61 Å². The number of benzene rings is 2. The van der Waals surface area contributed by atoms with Crippen molar-refractivity contribution in [2.24, 2.45) is 4.99 Å². The lowest BCUT2D eigenvalue weighted by atomic mass is 9.96. The van der Waals surface area contributed by atoms with Crippen LogP contribution < -0.4 is 20.1 Å². The summed E-state index contributed by atoms with van der Waals surface area (Å²) in [6.45, 7) is -1.95. The number of aliphatic imine (C=N–C) groups is 1. The normalized spacial score (nSPS) is 14.7. The van der Waals surface area contributed by atoms with Gasteiger partial charge in [0.25, 0.3) is 0 Å². The Morgan fingerprint density at radius 2 is 1.90 bits per heavy atom. The summed E-state index contributed by atoms with van der Waals surface area (Å²) in [5.74, 6) is 0.549. The molecule has 5 nitrogen and oxygen atoms in total. The summed E-state index contributed by atoms with van der Waals surface area (Å²) in [6.07, 6.45) is 1.96. The van der Waals surface area contributed by atoms with E-state index in [-0.39, 0.29) is 46.7 Å². The van der Waals surface area contributed by atoms with Crippen molar-refractivity contribution in [1.29, 1.82) is 0 Å². The molecule has 1 saturated carbocycles. The number of guanidine groups is 1. The summed E-state index contributed by atoms with van der Waals surface area (Å²) in [4.78, 5) is 4.19. The van der Waals surface area contributed by atoms with Crippen molar-refractivity contribution in [1.82, 2.24) is 10.6 Å². The number of rotatable bonds is 8. The van der Waals surface area contributed by atoms with Gasteiger partial charge in [-0.25, -0.2) is 4.39 Å². The molecule has 1 fully saturated rings. The molecule has 2 aromatic carbocycles. The lowest BCUT2D eigenvalue weighted by Crippen LogP contribution is -2.40. The average Bonchev–Trinajstić information content (AvgIpc) is 3.49. The number of methoxy groups -OCH3 is 1. The van der Waals surface area contributed by atoms with Gasteiger partial charge in [0.15, 0.2) is 17.5 Å². The van der Waals surface area contributed by atoms with Crippen LogP contribution in [0.3, 0.4) is 0 Å². The predicted octanol–water partition coefficient (Wildman–Crippen LogP) is 4.45. The van der Waals surface area contributed by atoms with Crippen LogP contribution in [0.2, 0.25) is 0 Å². The summed E-state index contributed by atoms with van der Waals surface area (Å²) in [5, 5.41) is 6.42. The van der Waals surface area contributed by atoms with Crippen LogP contribution in [-0.4, -0.2) is 33.3 Å². The van der Waals surface area contributed by atoms with E-state index in [4.69, 9.17) is 4.74 Å².